The van der Waals surface area contributed by atoms with Crippen molar-refractivity contribution in [2.45, 2.75) is 72.3 Å². The van der Waals surface area contributed by atoms with Gasteiger partial charge in [-0.3, -0.25) is 10.1 Å². The van der Waals surface area contributed by atoms with Crippen molar-refractivity contribution < 1.29 is 23.5 Å². The number of benzene rings is 1. The van der Waals surface area contributed by atoms with Crippen LogP contribution in [0.3, 0.4) is 0 Å². The molecule has 0 aromatic heterocycles. The first-order valence-corrected chi connectivity index (χ1v) is 10.8. The number of hydrogen-bond donors (Lipinski definition) is 1. The van der Waals surface area contributed by atoms with Gasteiger partial charge in [-0.2, -0.15) is 0 Å². The molecule has 2 aliphatic rings. The number of carbonyl (C=O) groups is 2. The van der Waals surface area contributed by atoms with Gasteiger partial charge in [-0.1, -0.05) is 24.3 Å². The quantitative estimate of drug-likeness (QED) is 0.459. The van der Waals surface area contributed by atoms with E-state index in [1.807, 2.05) is 31.2 Å². The molecule has 1 atom stereocenters. The first kappa shape index (κ1) is 23.8. The summed E-state index contributed by atoms with van der Waals surface area (Å²) in [6, 6.07) is 2.98. The summed E-state index contributed by atoms with van der Waals surface area (Å²) in [7, 11) is 0. The highest BCUT2D eigenvalue weighted by atomic mass is 19.1. The third kappa shape index (κ3) is 4.95. The average Bonchev–Trinajstić information content (AvgIpc) is 2.62. The summed E-state index contributed by atoms with van der Waals surface area (Å²) in [5, 5.41) is 2.93. The molecule has 0 saturated carbocycles. The lowest BCUT2D eigenvalue weighted by molar-refractivity contribution is -0.143. The maximum atomic E-state index is 15.2. The van der Waals surface area contributed by atoms with Gasteiger partial charge in [-0.05, 0) is 77.7 Å². The third-order valence-corrected chi connectivity index (χ3v) is 5.52. The number of fused-ring (bicyclic) bond motifs is 3. The van der Waals surface area contributed by atoms with Crippen LogP contribution in [0.1, 0.15) is 66.0 Å². The molecule has 0 spiro atoms. The minimum Gasteiger partial charge on any atom is -0.444 e. The molecule has 1 amide bonds. The number of nitrogens with one attached hydrogen (secondary N) is 1. The van der Waals surface area contributed by atoms with E-state index in [9.17, 15) is 9.59 Å². The van der Waals surface area contributed by atoms with Gasteiger partial charge in [0.2, 0.25) is 0 Å². The first-order valence-electron chi connectivity index (χ1n) is 10.8. The maximum Gasteiger partial charge on any atom is 0.411 e. The van der Waals surface area contributed by atoms with Gasteiger partial charge in [0.05, 0.1) is 5.41 Å². The van der Waals surface area contributed by atoms with Crippen LogP contribution in [0.2, 0.25) is 0 Å². The highest BCUT2D eigenvalue weighted by molar-refractivity contribution is 5.78. The third-order valence-electron chi connectivity index (χ3n) is 5.52. The minimum absolute atomic E-state index is 0.157. The van der Waals surface area contributed by atoms with Gasteiger partial charge in [0.15, 0.2) is 0 Å². The zero-order valence-electron chi connectivity index (χ0n) is 19.9. The summed E-state index contributed by atoms with van der Waals surface area (Å²) in [6.45, 7) is 12.6. The zero-order valence-corrected chi connectivity index (χ0v) is 19.9. The first-order chi connectivity index (χ1) is 14.7. The minimum atomic E-state index is -0.744. The van der Waals surface area contributed by atoms with Crippen LogP contribution in [0.4, 0.5) is 9.18 Å². The van der Waals surface area contributed by atoms with E-state index in [0.717, 1.165) is 5.57 Å². The molecule has 1 aromatic carbocycles. The summed E-state index contributed by atoms with van der Waals surface area (Å²) < 4.78 is 26.2. The average molecular weight is 442 g/mol. The summed E-state index contributed by atoms with van der Waals surface area (Å²) >= 11 is 0. The van der Waals surface area contributed by atoms with E-state index in [1.54, 1.807) is 47.6 Å². The van der Waals surface area contributed by atoms with Gasteiger partial charge in [-0.25, -0.2) is 9.18 Å². The Kier molecular flexibility index (Phi) is 6.11. The largest absolute Gasteiger partial charge is 0.444 e. The topological polar surface area (TPSA) is 64.6 Å². The molecule has 0 saturated heterocycles. The molecule has 0 unspecified atom stereocenters. The molecule has 3 rings (SSSR count). The molecule has 2 bridgehead atoms. The molecule has 172 valence electrons. The fourth-order valence-electron chi connectivity index (χ4n) is 3.90. The molecule has 6 heteroatoms. The zero-order chi connectivity index (χ0) is 23.9. The second-order valence-corrected chi connectivity index (χ2v) is 10.6. The van der Waals surface area contributed by atoms with Crippen molar-refractivity contribution >= 4 is 12.1 Å². The number of hydrogen-bond acceptors (Lipinski definition) is 4. The Morgan fingerprint density at radius 2 is 1.78 bits per heavy atom. The van der Waals surface area contributed by atoms with Crippen LogP contribution in [-0.4, -0.2) is 17.7 Å². The fraction of sp³-hybridized carbons (Fsp3) is 0.462. The van der Waals surface area contributed by atoms with Gasteiger partial charge in [0.1, 0.15) is 17.2 Å². The van der Waals surface area contributed by atoms with E-state index in [4.69, 9.17) is 9.47 Å². The van der Waals surface area contributed by atoms with Crippen molar-refractivity contribution in [3.05, 3.63) is 64.7 Å². The Hall–Kier alpha value is -2.89. The van der Waals surface area contributed by atoms with Crippen molar-refractivity contribution in [2.75, 3.05) is 0 Å². The number of alkyl carbamates (subject to hydrolysis) is 1. The smallest absolute Gasteiger partial charge is 0.411 e. The van der Waals surface area contributed by atoms with E-state index in [1.165, 1.54) is 6.07 Å². The second-order valence-electron chi connectivity index (χ2n) is 10.6. The van der Waals surface area contributed by atoms with Crippen LogP contribution in [0, 0.1) is 11.2 Å². The Balaban J connectivity index is 2.08. The highest BCUT2D eigenvalue weighted by Gasteiger charge is 2.41. The van der Waals surface area contributed by atoms with Crippen LogP contribution in [0.5, 0.6) is 5.75 Å². The lowest BCUT2D eigenvalue weighted by Crippen LogP contribution is -2.42. The summed E-state index contributed by atoms with van der Waals surface area (Å²) in [4.78, 5) is 25.0. The molecule has 1 N–H and O–H groups in total. The monoisotopic (exact) mass is 441 g/mol. The van der Waals surface area contributed by atoms with Gasteiger partial charge in [-0.15, -0.1) is 0 Å². The Labute approximate surface area is 189 Å². The SMILES string of the molecule is CC(C)(C)OC(=O)NC1=C2C=CC=CC[C@]1(C)c1cc(OC(=O)C(C)(C)C)cc(F)c1C2. The normalized spacial score (nSPS) is 20.2. The van der Waals surface area contributed by atoms with E-state index < -0.39 is 34.3 Å². The predicted octanol–water partition coefficient (Wildman–Crippen LogP) is 5.89. The van der Waals surface area contributed by atoms with Gasteiger partial charge >= 0.3 is 12.1 Å². The number of rotatable bonds is 2. The summed E-state index contributed by atoms with van der Waals surface area (Å²) in [5.74, 6) is -0.720. The summed E-state index contributed by atoms with van der Waals surface area (Å²) in [6.07, 6.45) is 7.95. The van der Waals surface area contributed by atoms with E-state index >= 15 is 4.39 Å². The lowest BCUT2D eigenvalue weighted by Gasteiger charge is -2.40. The number of amides is 1. The molecular formula is C26H32FNO4. The second kappa shape index (κ2) is 8.23. The number of allylic oxidation sites excluding steroid dienone is 6. The van der Waals surface area contributed by atoms with Crippen LogP contribution < -0.4 is 10.1 Å². The molecular weight excluding hydrogens is 409 g/mol. The van der Waals surface area contributed by atoms with Gasteiger partial charge in [0.25, 0.3) is 0 Å². The Morgan fingerprint density at radius 1 is 1.09 bits per heavy atom. The van der Waals surface area contributed by atoms with E-state index in [-0.39, 0.29) is 5.75 Å². The molecule has 0 heterocycles. The Bertz CT molecular complexity index is 1040. The molecule has 0 fully saturated rings. The van der Waals surface area contributed by atoms with Crippen LogP contribution in [0.25, 0.3) is 0 Å². The van der Waals surface area contributed by atoms with E-state index in [0.29, 0.717) is 29.7 Å². The number of esters is 1. The van der Waals surface area contributed by atoms with Gasteiger partial charge < -0.3 is 9.47 Å². The molecule has 2 aliphatic carbocycles. The standard InChI is InChI=1S/C26H32FNO4/c1-24(2,3)22(29)31-17-14-19-18(20(27)15-17)13-16-11-9-8-10-12-26(19,7)21(16)28-23(30)32-25(4,5)6/h8-11,14-15H,12-13H2,1-7H3,(H,28,30)/t26-/m1/s1. The van der Waals surface area contributed by atoms with E-state index in [2.05, 4.69) is 5.32 Å². The van der Waals surface area contributed by atoms with Crippen molar-refractivity contribution in [2.24, 2.45) is 5.41 Å². The van der Waals surface area contributed by atoms with Crippen LogP contribution in [0.15, 0.2) is 47.7 Å². The number of halogens is 1. The number of ether oxygens (including phenoxy) is 2. The predicted molar refractivity (Wildman–Crippen MR) is 122 cm³/mol. The number of carbonyl (C=O) groups excluding carboxylic acids is 2. The lowest BCUT2D eigenvalue weighted by atomic mass is 9.67. The van der Waals surface area contributed by atoms with Crippen molar-refractivity contribution in [3.8, 4) is 5.75 Å². The summed E-state index contributed by atoms with van der Waals surface area (Å²) in [5.41, 5.74) is 0.581. The van der Waals surface area contributed by atoms with Crippen LogP contribution in [-0.2, 0) is 21.4 Å². The molecule has 0 aliphatic heterocycles. The van der Waals surface area contributed by atoms with Gasteiger partial charge in [0, 0.05) is 23.6 Å². The van der Waals surface area contributed by atoms with Crippen molar-refractivity contribution in [1.29, 1.82) is 0 Å². The Morgan fingerprint density at radius 3 is 2.41 bits per heavy atom. The maximum absolute atomic E-state index is 15.2. The molecule has 1 aromatic rings. The van der Waals surface area contributed by atoms with Crippen molar-refractivity contribution in [3.63, 3.8) is 0 Å². The fourth-order valence-corrected chi connectivity index (χ4v) is 3.90. The van der Waals surface area contributed by atoms with Crippen molar-refractivity contribution in [1.82, 2.24) is 5.32 Å². The molecule has 32 heavy (non-hydrogen) atoms. The molecule has 0 radical (unpaired) electrons. The molecule has 5 nitrogen and oxygen atoms in total. The highest BCUT2D eigenvalue weighted by Crippen LogP contribution is 2.46. The van der Waals surface area contributed by atoms with Crippen LogP contribution >= 0.6 is 0 Å².